The summed E-state index contributed by atoms with van der Waals surface area (Å²) in [5.74, 6) is -0.181. The molecular weight excluding hydrogens is 394 g/mol. The minimum absolute atomic E-state index is 0. The lowest BCUT2D eigenvalue weighted by Gasteiger charge is -2.32. The molecule has 8 heteroatoms. The summed E-state index contributed by atoms with van der Waals surface area (Å²) in [5.41, 5.74) is 0.998. The van der Waals surface area contributed by atoms with Crippen molar-refractivity contribution in [3.05, 3.63) is 35.4 Å². The van der Waals surface area contributed by atoms with Crippen molar-refractivity contribution in [2.45, 2.75) is 32.1 Å². The molecule has 2 aliphatic heterocycles. The van der Waals surface area contributed by atoms with Gasteiger partial charge in [-0.2, -0.15) is 0 Å². The number of carbonyl (C=O) groups excluding carboxylic acids is 3. The Bertz CT molecular complexity index is 685. The van der Waals surface area contributed by atoms with Crippen LogP contribution in [-0.4, -0.2) is 78.5 Å². The Balaban J connectivity index is 0.00000300. The van der Waals surface area contributed by atoms with Crippen LogP contribution in [0, 0.1) is 0 Å². The third-order valence-electron chi connectivity index (χ3n) is 5.69. The molecule has 1 saturated heterocycles. The molecule has 1 aromatic rings. The molecular formula is C21H30ClN3O4. The van der Waals surface area contributed by atoms with E-state index < -0.39 is 0 Å². The Hall–Kier alpha value is -1.96. The Labute approximate surface area is 178 Å². The van der Waals surface area contributed by atoms with E-state index in [9.17, 15) is 14.4 Å². The smallest absolute Gasteiger partial charge is 0.261 e. The second-order valence-electron chi connectivity index (χ2n) is 7.58. The molecule has 160 valence electrons. The van der Waals surface area contributed by atoms with Gasteiger partial charge in [0.05, 0.1) is 43.9 Å². The second-order valence-corrected chi connectivity index (χ2v) is 7.58. The van der Waals surface area contributed by atoms with Crippen molar-refractivity contribution in [1.82, 2.24) is 9.80 Å². The van der Waals surface area contributed by atoms with Crippen LogP contribution in [0.2, 0.25) is 0 Å². The second kappa shape index (κ2) is 11.3. The van der Waals surface area contributed by atoms with Crippen LogP contribution in [0.3, 0.4) is 0 Å². The minimum Gasteiger partial charge on any atom is -1.00 e. The number of rotatable bonds is 9. The van der Waals surface area contributed by atoms with Gasteiger partial charge in [0, 0.05) is 13.0 Å². The largest absolute Gasteiger partial charge is 1.00 e. The summed E-state index contributed by atoms with van der Waals surface area (Å²) in [4.78, 5) is 41.5. The van der Waals surface area contributed by atoms with Crippen LogP contribution in [-0.2, 0) is 4.79 Å². The summed E-state index contributed by atoms with van der Waals surface area (Å²) < 4.78 is 0. The van der Waals surface area contributed by atoms with Gasteiger partial charge in [0.25, 0.3) is 11.8 Å². The zero-order valence-electron chi connectivity index (χ0n) is 16.7. The maximum Gasteiger partial charge on any atom is 0.261 e. The summed E-state index contributed by atoms with van der Waals surface area (Å²) in [6.07, 6.45) is 3.98. The van der Waals surface area contributed by atoms with Gasteiger partial charge in [-0.05, 0) is 25.0 Å². The summed E-state index contributed by atoms with van der Waals surface area (Å²) in [7, 11) is 0. The zero-order valence-corrected chi connectivity index (χ0v) is 17.5. The molecule has 0 aromatic heterocycles. The first kappa shape index (κ1) is 23.3. The Morgan fingerprint density at radius 3 is 2.14 bits per heavy atom. The van der Waals surface area contributed by atoms with E-state index in [0.29, 0.717) is 24.1 Å². The number of nitrogens with zero attached hydrogens (tertiary/aromatic N) is 2. The van der Waals surface area contributed by atoms with E-state index in [1.165, 1.54) is 9.80 Å². The Morgan fingerprint density at radius 2 is 1.55 bits per heavy atom. The molecule has 0 aliphatic carbocycles. The number of aliphatic hydroxyl groups is 1. The predicted octanol–water partition coefficient (Wildman–Crippen LogP) is -3.04. The van der Waals surface area contributed by atoms with E-state index in [2.05, 4.69) is 0 Å². The summed E-state index contributed by atoms with van der Waals surface area (Å²) in [5, 5.41) is 8.98. The average molecular weight is 424 g/mol. The normalized spacial score (nSPS) is 16.7. The standard InChI is InChI=1S/C21H29N3O4.ClH/c25-16-15-22-11-13-23(14-12-22)19(26)9-3-1-2-6-10-24-20(27)17-7-4-5-8-18(17)21(24)28;/h4-5,7-8,25H,1-3,6,9-16H2;1H. The van der Waals surface area contributed by atoms with Crippen molar-refractivity contribution >= 4 is 17.7 Å². The highest BCUT2D eigenvalue weighted by Crippen LogP contribution is 2.22. The molecule has 2 aliphatic rings. The highest BCUT2D eigenvalue weighted by Gasteiger charge is 2.34. The van der Waals surface area contributed by atoms with Crippen molar-refractivity contribution in [2.75, 3.05) is 45.9 Å². The summed E-state index contributed by atoms with van der Waals surface area (Å²) >= 11 is 0. The number of unbranched alkanes of at least 4 members (excludes halogenated alkanes) is 3. The van der Waals surface area contributed by atoms with Gasteiger partial charge in [-0.1, -0.05) is 25.0 Å². The Morgan fingerprint density at radius 1 is 0.966 bits per heavy atom. The van der Waals surface area contributed by atoms with Crippen LogP contribution in [0.4, 0.5) is 0 Å². The van der Waals surface area contributed by atoms with Crippen LogP contribution in [0.5, 0.6) is 0 Å². The van der Waals surface area contributed by atoms with Crippen LogP contribution < -0.4 is 17.3 Å². The molecule has 1 aromatic carbocycles. The first-order chi connectivity index (χ1) is 13.6. The maximum atomic E-state index is 12.3. The molecule has 3 rings (SSSR count). The monoisotopic (exact) mass is 423 g/mol. The Kier molecular flexibility index (Phi) is 9.07. The molecule has 1 fully saturated rings. The first-order valence-corrected chi connectivity index (χ1v) is 10.3. The fraction of sp³-hybridized carbons (Fsp3) is 0.571. The van der Waals surface area contributed by atoms with E-state index in [4.69, 9.17) is 5.11 Å². The number of amides is 3. The molecule has 0 unspecified atom stereocenters. The number of hydrogen-bond acceptors (Lipinski definition) is 4. The maximum absolute atomic E-state index is 12.3. The molecule has 0 atom stereocenters. The first-order valence-electron chi connectivity index (χ1n) is 10.3. The number of halogens is 1. The van der Waals surface area contributed by atoms with E-state index in [-0.39, 0.29) is 36.7 Å². The van der Waals surface area contributed by atoms with Crippen LogP contribution in [0.1, 0.15) is 52.8 Å². The van der Waals surface area contributed by atoms with Gasteiger partial charge in [0.2, 0.25) is 5.91 Å². The van der Waals surface area contributed by atoms with E-state index >= 15 is 0 Å². The van der Waals surface area contributed by atoms with Gasteiger partial charge >= 0.3 is 0 Å². The summed E-state index contributed by atoms with van der Waals surface area (Å²) in [6, 6.07) is 6.95. The number of imide groups is 1. The molecule has 29 heavy (non-hydrogen) atoms. The van der Waals surface area contributed by atoms with Gasteiger partial charge in [0.15, 0.2) is 0 Å². The average Bonchev–Trinajstić information content (AvgIpc) is 2.96. The number of aliphatic hydroxyl groups excluding tert-OH is 1. The highest BCUT2D eigenvalue weighted by atomic mass is 35.5. The molecule has 0 radical (unpaired) electrons. The number of carbonyl (C=O) groups is 3. The van der Waals surface area contributed by atoms with Crippen molar-refractivity contribution in [1.29, 1.82) is 0 Å². The van der Waals surface area contributed by atoms with Crippen molar-refractivity contribution in [3.63, 3.8) is 0 Å². The lowest BCUT2D eigenvalue weighted by atomic mass is 10.1. The quantitative estimate of drug-likeness (QED) is 0.327. The van der Waals surface area contributed by atoms with Gasteiger partial charge < -0.3 is 27.3 Å². The third kappa shape index (κ3) is 5.78. The van der Waals surface area contributed by atoms with Gasteiger partial charge in [-0.25, -0.2) is 0 Å². The zero-order chi connectivity index (χ0) is 19.9. The van der Waals surface area contributed by atoms with Crippen molar-refractivity contribution in [3.8, 4) is 0 Å². The number of hydrogen-bond donors (Lipinski definition) is 2. The van der Waals surface area contributed by atoms with E-state index in [0.717, 1.165) is 58.4 Å². The molecule has 2 heterocycles. The number of quaternary nitrogens is 1. The van der Waals surface area contributed by atoms with Crippen LogP contribution in [0.25, 0.3) is 0 Å². The topological polar surface area (TPSA) is 82.4 Å². The molecule has 0 bridgehead atoms. The molecule has 3 amide bonds. The summed E-state index contributed by atoms with van der Waals surface area (Å²) in [6.45, 7) is 4.76. The highest BCUT2D eigenvalue weighted by molar-refractivity contribution is 6.21. The number of fused-ring (bicyclic) bond motifs is 1. The van der Waals surface area contributed by atoms with E-state index in [1.807, 2.05) is 4.90 Å². The number of piperazine rings is 1. The van der Waals surface area contributed by atoms with Crippen molar-refractivity contribution in [2.24, 2.45) is 0 Å². The fourth-order valence-corrected chi connectivity index (χ4v) is 3.98. The van der Waals surface area contributed by atoms with Gasteiger partial charge in [0.1, 0.15) is 6.54 Å². The lowest BCUT2D eigenvalue weighted by Crippen LogP contribution is -3.15. The third-order valence-corrected chi connectivity index (χ3v) is 5.69. The van der Waals surface area contributed by atoms with E-state index in [1.54, 1.807) is 24.3 Å². The molecule has 2 N–H and O–H groups in total. The number of nitrogens with one attached hydrogen (secondary N) is 1. The van der Waals surface area contributed by atoms with Crippen LogP contribution in [0.15, 0.2) is 24.3 Å². The van der Waals surface area contributed by atoms with Gasteiger partial charge in [-0.3, -0.25) is 19.3 Å². The molecule has 0 saturated carbocycles. The SMILES string of the molecule is O=C(CCCCCCN1C(=O)c2ccccc2C1=O)N1CC[NH+](CCO)CC1.[Cl-]. The predicted molar refractivity (Wildman–Crippen MR) is 104 cm³/mol. The number of benzene rings is 1. The van der Waals surface area contributed by atoms with Crippen molar-refractivity contribution < 1.29 is 36.8 Å². The minimum atomic E-state index is -0.196. The molecule has 0 spiro atoms. The lowest BCUT2D eigenvalue weighted by molar-refractivity contribution is -0.904. The molecule has 7 nitrogen and oxygen atoms in total. The van der Waals surface area contributed by atoms with Gasteiger partial charge in [-0.15, -0.1) is 0 Å². The fourth-order valence-electron chi connectivity index (χ4n) is 3.98. The van der Waals surface area contributed by atoms with Crippen LogP contribution >= 0.6 is 0 Å².